The maximum absolute atomic E-state index is 12.1. The Hall–Kier alpha value is -1.19. The largest absolute Gasteiger partial charge is 0.346 e. The highest BCUT2D eigenvalue weighted by atomic mass is 16.7. The predicted molar refractivity (Wildman–Crippen MR) is 62.8 cm³/mol. The van der Waals surface area contributed by atoms with Crippen LogP contribution in [-0.4, -0.2) is 19.0 Å². The van der Waals surface area contributed by atoms with Crippen LogP contribution in [0.15, 0.2) is 24.3 Å². The smallest absolute Gasteiger partial charge is 0.184 e. The molecule has 1 saturated carbocycles. The SMILES string of the molecule is O=C(c1cccc(C2OCCO2)c1)C1CCC1. The number of hydrogen-bond donors (Lipinski definition) is 0. The van der Waals surface area contributed by atoms with Gasteiger partial charge in [-0.05, 0) is 18.9 Å². The van der Waals surface area contributed by atoms with Crippen LogP contribution < -0.4 is 0 Å². The van der Waals surface area contributed by atoms with Crippen molar-refractivity contribution in [2.75, 3.05) is 13.2 Å². The molecule has 1 aliphatic heterocycles. The van der Waals surface area contributed by atoms with E-state index in [4.69, 9.17) is 9.47 Å². The number of carbonyl (C=O) groups is 1. The maximum atomic E-state index is 12.1. The Balaban J connectivity index is 1.80. The minimum atomic E-state index is -0.288. The van der Waals surface area contributed by atoms with Crippen LogP contribution >= 0.6 is 0 Å². The molecular weight excluding hydrogens is 216 g/mol. The Bertz CT molecular complexity index is 417. The molecule has 0 N–H and O–H groups in total. The second kappa shape index (κ2) is 4.59. The van der Waals surface area contributed by atoms with E-state index in [1.807, 2.05) is 24.3 Å². The summed E-state index contributed by atoms with van der Waals surface area (Å²) in [6.45, 7) is 1.26. The van der Waals surface area contributed by atoms with Crippen molar-refractivity contribution in [3.8, 4) is 0 Å². The zero-order valence-electron chi connectivity index (χ0n) is 9.72. The molecule has 1 heterocycles. The topological polar surface area (TPSA) is 35.5 Å². The van der Waals surface area contributed by atoms with Crippen LogP contribution in [0, 0.1) is 5.92 Å². The van der Waals surface area contributed by atoms with E-state index in [1.165, 1.54) is 6.42 Å². The van der Waals surface area contributed by atoms with Gasteiger partial charge in [0.05, 0.1) is 13.2 Å². The zero-order chi connectivity index (χ0) is 11.7. The first-order valence-electron chi connectivity index (χ1n) is 6.22. The Labute approximate surface area is 101 Å². The highest BCUT2D eigenvalue weighted by Gasteiger charge is 2.27. The second-order valence-corrected chi connectivity index (χ2v) is 4.69. The van der Waals surface area contributed by atoms with Gasteiger partial charge in [0, 0.05) is 17.0 Å². The Kier molecular flexibility index (Phi) is 2.95. The van der Waals surface area contributed by atoms with E-state index in [-0.39, 0.29) is 18.0 Å². The summed E-state index contributed by atoms with van der Waals surface area (Å²) in [6.07, 6.45) is 2.98. The fraction of sp³-hybridized carbons (Fsp3) is 0.500. The van der Waals surface area contributed by atoms with Gasteiger partial charge in [-0.2, -0.15) is 0 Å². The molecule has 0 bridgehead atoms. The van der Waals surface area contributed by atoms with Crippen molar-refractivity contribution in [3.05, 3.63) is 35.4 Å². The predicted octanol–water partition coefficient (Wildman–Crippen LogP) is 2.71. The van der Waals surface area contributed by atoms with Gasteiger partial charge >= 0.3 is 0 Å². The molecule has 0 aromatic heterocycles. The van der Waals surface area contributed by atoms with Crippen LogP contribution in [0.25, 0.3) is 0 Å². The van der Waals surface area contributed by atoms with Crippen LogP contribution in [0.3, 0.4) is 0 Å². The highest BCUT2D eigenvalue weighted by Crippen LogP contribution is 2.31. The number of ketones is 1. The number of rotatable bonds is 3. The molecule has 3 rings (SSSR count). The lowest BCUT2D eigenvalue weighted by atomic mass is 9.80. The van der Waals surface area contributed by atoms with Crippen molar-refractivity contribution in [2.24, 2.45) is 5.92 Å². The molecular formula is C14H16O3. The molecule has 0 amide bonds. The van der Waals surface area contributed by atoms with Crippen molar-refractivity contribution in [1.82, 2.24) is 0 Å². The molecule has 0 unspecified atom stereocenters. The fourth-order valence-electron chi connectivity index (χ4n) is 2.30. The summed E-state index contributed by atoms with van der Waals surface area (Å²) in [5.74, 6) is 0.520. The highest BCUT2D eigenvalue weighted by molar-refractivity contribution is 5.98. The maximum Gasteiger partial charge on any atom is 0.184 e. The minimum absolute atomic E-state index is 0.246. The lowest BCUT2D eigenvalue weighted by molar-refractivity contribution is -0.0441. The third-order valence-corrected chi connectivity index (χ3v) is 3.54. The average Bonchev–Trinajstić information content (AvgIpc) is 2.80. The van der Waals surface area contributed by atoms with E-state index in [0.29, 0.717) is 13.2 Å². The normalized spacial score (nSPS) is 21.4. The molecule has 3 nitrogen and oxygen atoms in total. The number of Topliss-reactive ketones (excluding diaryl/α,β-unsaturated/α-hetero) is 1. The summed E-state index contributed by atoms with van der Waals surface area (Å²) in [4.78, 5) is 12.1. The van der Waals surface area contributed by atoms with Crippen molar-refractivity contribution >= 4 is 5.78 Å². The molecule has 1 aliphatic carbocycles. The van der Waals surface area contributed by atoms with E-state index in [9.17, 15) is 4.79 Å². The van der Waals surface area contributed by atoms with Crippen molar-refractivity contribution < 1.29 is 14.3 Å². The minimum Gasteiger partial charge on any atom is -0.346 e. The second-order valence-electron chi connectivity index (χ2n) is 4.69. The van der Waals surface area contributed by atoms with Gasteiger partial charge in [0.25, 0.3) is 0 Å². The summed E-state index contributed by atoms with van der Waals surface area (Å²) in [6, 6.07) is 7.66. The average molecular weight is 232 g/mol. The first kappa shape index (κ1) is 10.9. The number of ether oxygens (including phenoxy) is 2. The number of carbonyl (C=O) groups excluding carboxylic acids is 1. The third-order valence-electron chi connectivity index (χ3n) is 3.54. The van der Waals surface area contributed by atoms with Crippen LogP contribution in [0.5, 0.6) is 0 Å². The van der Waals surface area contributed by atoms with Gasteiger partial charge in [0.1, 0.15) is 0 Å². The zero-order valence-corrected chi connectivity index (χ0v) is 9.72. The lowest BCUT2D eigenvalue weighted by Gasteiger charge is -2.24. The van der Waals surface area contributed by atoms with Crippen LogP contribution in [0.1, 0.15) is 41.5 Å². The molecule has 1 aromatic rings. The first-order valence-corrected chi connectivity index (χ1v) is 6.22. The number of benzene rings is 1. The van der Waals surface area contributed by atoms with E-state index in [2.05, 4.69) is 0 Å². The molecule has 2 fully saturated rings. The molecule has 1 saturated heterocycles. The summed E-state index contributed by atoms with van der Waals surface area (Å²) in [5, 5.41) is 0. The van der Waals surface area contributed by atoms with E-state index in [1.54, 1.807) is 0 Å². The molecule has 0 radical (unpaired) electrons. The van der Waals surface area contributed by atoms with Gasteiger partial charge < -0.3 is 9.47 Å². The molecule has 1 aromatic carbocycles. The van der Waals surface area contributed by atoms with Crippen LogP contribution in [0.4, 0.5) is 0 Å². The Morgan fingerprint density at radius 1 is 1.18 bits per heavy atom. The van der Waals surface area contributed by atoms with Gasteiger partial charge in [-0.15, -0.1) is 0 Å². The summed E-state index contributed by atoms with van der Waals surface area (Å²) in [5.41, 5.74) is 1.75. The molecule has 90 valence electrons. The standard InChI is InChI=1S/C14H16O3/c15-13(10-3-1-4-10)11-5-2-6-12(9-11)14-16-7-8-17-14/h2,5-6,9-10,14H,1,3-4,7-8H2. The fourth-order valence-corrected chi connectivity index (χ4v) is 2.30. The quantitative estimate of drug-likeness (QED) is 0.752. The van der Waals surface area contributed by atoms with E-state index < -0.39 is 0 Å². The van der Waals surface area contributed by atoms with Gasteiger partial charge in [0.15, 0.2) is 12.1 Å². The van der Waals surface area contributed by atoms with E-state index in [0.717, 1.165) is 24.0 Å². The summed E-state index contributed by atoms with van der Waals surface area (Å²) >= 11 is 0. The van der Waals surface area contributed by atoms with Crippen LogP contribution in [-0.2, 0) is 9.47 Å². The van der Waals surface area contributed by atoms with Crippen molar-refractivity contribution in [1.29, 1.82) is 0 Å². The first-order chi connectivity index (χ1) is 8.34. The lowest BCUT2D eigenvalue weighted by Crippen LogP contribution is -2.22. The summed E-state index contributed by atoms with van der Waals surface area (Å²) < 4.78 is 10.9. The van der Waals surface area contributed by atoms with Gasteiger partial charge in [0.2, 0.25) is 0 Å². The van der Waals surface area contributed by atoms with E-state index >= 15 is 0 Å². The molecule has 0 spiro atoms. The van der Waals surface area contributed by atoms with Crippen molar-refractivity contribution in [3.63, 3.8) is 0 Å². The third kappa shape index (κ3) is 2.13. The molecule has 3 heteroatoms. The molecule has 17 heavy (non-hydrogen) atoms. The molecule has 2 aliphatic rings. The van der Waals surface area contributed by atoms with Crippen LogP contribution in [0.2, 0.25) is 0 Å². The van der Waals surface area contributed by atoms with Gasteiger partial charge in [-0.25, -0.2) is 0 Å². The monoisotopic (exact) mass is 232 g/mol. The molecule has 0 atom stereocenters. The van der Waals surface area contributed by atoms with Crippen molar-refractivity contribution in [2.45, 2.75) is 25.6 Å². The summed E-state index contributed by atoms with van der Waals surface area (Å²) in [7, 11) is 0. The Morgan fingerprint density at radius 2 is 1.94 bits per heavy atom. The number of hydrogen-bond acceptors (Lipinski definition) is 3. The van der Waals surface area contributed by atoms with Gasteiger partial charge in [-0.3, -0.25) is 4.79 Å². The van der Waals surface area contributed by atoms with Gasteiger partial charge in [-0.1, -0.05) is 24.6 Å². The Morgan fingerprint density at radius 3 is 2.59 bits per heavy atom.